The van der Waals surface area contributed by atoms with E-state index < -0.39 is 0 Å². The Bertz CT molecular complexity index is 855. The molecule has 0 aliphatic heterocycles. The molecular formula is C18H19N5. The van der Waals surface area contributed by atoms with Crippen LogP contribution in [0, 0.1) is 11.8 Å². The van der Waals surface area contributed by atoms with Crippen LogP contribution >= 0.6 is 0 Å². The number of aromatic amines is 1. The summed E-state index contributed by atoms with van der Waals surface area (Å²) >= 11 is 0. The molecule has 3 unspecified atom stereocenters. The van der Waals surface area contributed by atoms with Crippen LogP contribution in [0.5, 0.6) is 0 Å². The summed E-state index contributed by atoms with van der Waals surface area (Å²) in [7, 11) is 0. The quantitative estimate of drug-likeness (QED) is 0.775. The first-order valence-corrected chi connectivity index (χ1v) is 8.39. The maximum Gasteiger partial charge on any atom is 0.223 e. The molecule has 2 aliphatic rings. The predicted molar refractivity (Wildman–Crippen MR) is 90.0 cm³/mol. The molecule has 5 nitrogen and oxygen atoms in total. The predicted octanol–water partition coefficient (Wildman–Crippen LogP) is 3.62. The minimum Gasteiger partial charge on any atom is -0.351 e. The molecule has 0 aromatic carbocycles. The number of H-pyrrole nitrogens is 1. The summed E-state index contributed by atoms with van der Waals surface area (Å²) < 4.78 is 0. The second kappa shape index (κ2) is 5.05. The van der Waals surface area contributed by atoms with Crippen molar-refractivity contribution in [1.82, 2.24) is 19.9 Å². The van der Waals surface area contributed by atoms with Gasteiger partial charge in [0.05, 0.1) is 5.69 Å². The first kappa shape index (κ1) is 13.0. The summed E-state index contributed by atoms with van der Waals surface area (Å²) in [6.07, 6.45) is 11.0. The lowest BCUT2D eigenvalue weighted by Gasteiger charge is -2.22. The first-order chi connectivity index (χ1) is 11.4. The molecule has 5 heteroatoms. The van der Waals surface area contributed by atoms with E-state index in [-0.39, 0.29) is 0 Å². The highest BCUT2D eigenvalue weighted by Crippen LogP contribution is 2.45. The van der Waals surface area contributed by atoms with Gasteiger partial charge in [-0.25, -0.2) is 15.0 Å². The van der Waals surface area contributed by atoms with E-state index in [1.165, 1.54) is 25.7 Å². The molecule has 5 rings (SSSR count). The largest absolute Gasteiger partial charge is 0.351 e. The maximum absolute atomic E-state index is 4.74. The zero-order valence-electron chi connectivity index (χ0n) is 12.9. The Morgan fingerprint density at radius 2 is 2.09 bits per heavy atom. The van der Waals surface area contributed by atoms with Gasteiger partial charge in [0.2, 0.25) is 5.95 Å². The minimum absolute atomic E-state index is 0.550. The van der Waals surface area contributed by atoms with Gasteiger partial charge in [-0.3, -0.25) is 0 Å². The number of anilines is 1. The van der Waals surface area contributed by atoms with Gasteiger partial charge in [0, 0.05) is 35.6 Å². The van der Waals surface area contributed by atoms with Gasteiger partial charge in [-0.1, -0.05) is 6.42 Å². The van der Waals surface area contributed by atoms with Crippen molar-refractivity contribution in [3.8, 4) is 11.3 Å². The van der Waals surface area contributed by atoms with E-state index in [2.05, 4.69) is 26.3 Å². The number of hydrogen-bond donors (Lipinski definition) is 2. The van der Waals surface area contributed by atoms with E-state index in [9.17, 15) is 0 Å². The van der Waals surface area contributed by atoms with Gasteiger partial charge in [-0.05, 0) is 49.3 Å². The maximum atomic E-state index is 4.74. The highest BCUT2D eigenvalue weighted by molar-refractivity contribution is 5.92. The zero-order chi connectivity index (χ0) is 15.2. The van der Waals surface area contributed by atoms with Crippen LogP contribution in [0.15, 0.2) is 36.8 Å². The third-order valence-corrected chi connectivity index (χ3v) is 5.44. The summed E-state index contributed by atoms with van der Waals surface area (Å²) in [5.74, 6) is 2.48. The standard InChI is InChI=1S/C18H19N5/c1-2-13-14(10-21-17(13)19-6-1)15-5-7-20-18(22-15)23-16-9-11-3-4-12(16)8-11/h1-2,5-7,10-12,16H,3-4,8-9H2,(H,19,21)(H,20,22,23). The molecule has 3 aromatic heterocycles. The number of fused-ring (bicyclic) bond motifs is 3. The van der Waals surface area contributed by atoms with Crippen LogP contribution in [0.2, 0.25) is 0 Å². The van der Waals surface area contributed by atoms with Crippen LogP contribution in [0.4, 0.5) is 5.95 Å². The molecule has 23 heavy (non-hydrogen) atoms. The number of aromatic nitrogens is 4. The molecule has 2 aliphatic carbocycles. The summed E-state index contributed by atoms with van der Waals surface area (Å²) in [5, 5.41) is 4.67. The van der Waals surface area contributed by atoms with Crippen molar-refractivity contribution in [1.29, 1.82) is 0 Å². The van der Waals surface area contributed by atoms with E-state index in [0.29, 0.717) is 6.04 Å². The fourth-order valence-corrected chi connectivity index (χ4v) is 4.33. The second-order valence-electron chi connectivity index (χ2n) is 6.79. The Balaban J connectivity index is 1.46. The van der Waals surface area contributed by atoms with E-state index in [1.54, 1.807) is 6.20 Å². The number of pyridine rings is 1. The third-order valence-electron chi connectivity index (χ3n) is 5.44. The van der Waals surface area contributed by atoms with Gasteiger partial charge in [-0.15, -0.1) is 0 Å². The molecule has 0 amide bonds. The second-order valence-corrected chi connectivity index (χ2v) is 6.79. The molecule has 2 fully saturated rings. The highest BCUT2D eigenvalue weighted by Gasteiger charge is 2.39. The Morgan fingerprint density at radius 3 is 2.96 bits per heavy atom. The molecule has 3 aromatic rings. The Kier molecular flexibility index (Phi) is 2.86. The number of rotatable bonds is 3. The molecule has 3 atom stereocenters. The van der Waals surface area contributed by atoms with Crippen molar-refractivity contribution in [2.45, 2.75) is 31.7 Å². The van der Waals surface area contributed by atoms with Gasteiger partial charge < -0.3 is 10.3 Å². The average molecular weight is 305 g/mol. The SMILES string of the molecule is c1cnc2[nH]cc(-c3ccnc(NC4CC5CCC4C5)n3)c2c1. The third kappa shape index (κ3) is 2.19. The number of hydrogen-bond acceptors (Lipinski definition) is 4. The molecular weight excluding hydrogens is 286 g/mol. The Morgan fingerprint density at radius 1 is 1.09 bits per heavy atom. The van der Waals surface area contributed by atoms with E-state index in [1.807, 2.05) is 24.5 Å². The van der Waals surface area contributed by atoms with Crippen LogP contribution in [0.25, 0.3) is 22.3 Å². The minimum atomic E-state index is 0.550. The van der Waals surface area contributed by atoms with Crippen LogP contribution in [0.3, 0.4) is 0 Å². The van der Waals surface area contributed by atoms with Crippen LogP contribution < -0.4 is 5.32 Å². The fraction of sp³-hybridized carbons (Fsp3) is 0.389. The van der Waals surface area contributed by atoms with E-state index in [0.717, 1.165) is 40.1 Å². The van der Waals surface area contributed by atoms with Gasteiger partial charge in [-0.2, -0.15) is 0 Å². The Labute approximate surface area is 134 Å². The van der Waals surface area contributed by atoms with Gasteiger partial charge in [0.25, 0.3) is 0 Å². The van der Waals surface area contributed by atoms with Crippen molar-refractivity contribution in [3.63, 3.8) is 0 Å². The van der Waals surface area contributed by atoms with Gasteiger partial charge in [0.15, 0.2) is 0 Å². The first-order valence-electron chi connectivity index (χ1n) is 8.39. The van der Waals surface area contributed by atoms with Crippen molar-refractivity contribution in [2.75, 3.05) is 5.32 Å². The molecule has 0 saturated heterocycles. The highest BCUT2D eigenvalue weighted by atomic mass is 15.1. The van der Waals surface area contributed by atoms with Crippen molar-refractivity contribution in [2.24, 2.45) is 11.8 Å². The van der Waals surface area contributed by atoms with Crippen LogP contribution in [-0.2, 0) is 0 Å². The smallest absolute Gasteiger partial charge is 0.223 e. The molecule has 2 bridgehead atoms. The van der Waals surface area contributed by atoms with Gasteiger partial charge in [0.1, 0.15) is 5.65 Å². The van der Waals surface area contributed by atoms with Crippen molar-refractivity contribution >= 4 is 17.0 Å². The fourth-order valence-electron chi connectivity index (χ4n) is 4.33. The topological polar surface area (TPSA) is 66.5 Å². The molecule has 0 radical (unpaired) electrons. The molecule has 3 heterocycles. The summed E-state index contributed by atoms with van der Waals surface area (Å²) in [5.41, 5.74) is 2.90. The summed E-state index contributed by atoms with van der Waals surface area (Å²) in [6, 6.07) is 6.53. The molecule has 0 spiro atoms. The van der Waals surface area contributed by atoms with Gasteiger partial charge >= 0.3 is 0 Å². The lowest BCUT2D eigenvalue weighted by molar-refractivity contribution is 0.438. The average Bonchev–Trinajstić information content (AvgIpc) is 3.30. The normalized spacial score (nSPS) is 26.0. The molecule has 116 valence electrons. The monoisotopic (exact) mass is 305 g/mol. The summed E-state index contributed by atoms with van der Waals surface area (Å²) in [6.45, 7) is 0. The number of nitrogens with one attached hydrogen (secondary N) is 2. The zero-order valence-corrected chi connectivity index (χ0v) is 12.9. The van der Waals surface area contributed by atoms with Crippen LogP contribution in [0.1, 0.15) is 25.7 Å². The Hall–Kier alpha value is -2.43. The van der Waals surface area contributed by atoms with Crippen molar-refractivity contribution in [3.05, 3.63) is 36.8 Å². The lowest BCUT2D eigenvalue weighted by atomic mass is 9.95. The molecule has 2 N–H and O–H groups in total. The molecule has 2 saturated carbocycles. The lowest BCUT2D eigenvalue weighted by Crippen LogP contribution is -2.26. The number of nitrogens with zero attached hydrogens (tertiary/aromatic N) is 3. The van der Waals surface area contributed by atoms with Crippen LogP contribution in [-0.4, -0.2) is 26.0 Å². The summed E-state index contributed by atoms with van der Waals surface area (Å²) in [4.78, 5) is 16.7. The van der Waals surface area contributed by atoms with E-state index in [4.69, 9.17) is 4.98 Å². The van der Waals surface area contributed by atoms with Crippen molar-refractivity contribution < 1.29 is 0 Å². The van der Waals surface area contributed by atoms with E-state index >= 15 is 0 Å².